The minimum atomic E-state index is -4.61. The van der Waals surface area contributed by atoms with E-state index in [1.165, 1.54) is 28.4 Å². The number of ether oxygens (including phenoxy) is 1. The van der Waals surface area contributed by atoms with Crippen molar-refractivity contribution in [1.82, 2.24) is 9.80 Å². The molecule has 0 aliphatic carbocycles. The number of nitrogens with two attached hydrogens (primary N) is 2. The lowest BCUT2D eigenvalue weighted by atomic mass is 10.1. The van der Waals surface area contributed by atoms with Crippen molar-refractivity contribution in [2.24, 2.45) is 17.4 Å². The molecule has 0 radical (unpaired) electrons. The van der Waals surface area contributed by atoms with Gasteiger partial charge in [-0.3, -0.25) is 19.8 Å². The molecular formula is C27H26F3N5O4S. The average Bonchev–Trinajstić information content (AvgIpc) is 3.57. The maximum absolute atomic E-state index is 13.5. The van der Waals surface area contributed by atoms with Crippen LogP contribution in [0.2, 0.25) is 0 Å². The number of nitrogens with one attached hydrogen (secondary N) is 1. The van der Waals surface area contributed by atoms with Crippen molar-refractivity contribution < 1.29 is 32.3 Å². The highest BCUT2D eigenvalue weighted by Gasteiger charge is 2.50. The average molecular weight is 574 g/mol. The molecule has 0 spiro atoms. The first kappa shape index (κ1) is 28.6. The number of halogens is 3. The van der Waals surface area contributed by atoms with Crippen molar-refractivity contribution >= 4 is 34.9 Å². The highest BCUT2D eigenvalue weighted by Crippen LogP contribution is 2.36. The summed E-state index contributed by atoms with van der Waals surface area (Å²) in [6.45, 7) is -1.40. The molecule has 1 aliphatic rings. The van der Waals surface area contributed by atoms with Crippen LogP contribution in [0.15, 0.2) is 66.0 Å². The number of hydrogen-bond acceptors (Lipinski definition) is 6. The molecule has 0 bridgehead atoms. The number of amidine groups is 1. The number of alkyl halides is 3. The van der Waals surface area contributed by atoms with Crippen LogP contribution >= 0.6 is 11.3 Å². The Labute approximate surface area is 231 Å². The lowest BCUT2D eigenvalue weighted by Crippen LogP contribution is -2.48. The van der Waals surface area contributed by atoms with Gasteiger partial charge in [0.15, 0.2) is 0 Å². The number of para-hydroxylation sites is 1. The van der Waals surface area contributed by atoms with E-state index in [9.17, 15) is 27.6 Å². The zero-order valence-electron chi connectivity index (χ0n) is 21.1. The quantitative estimate of drug-likeness (QED) is 0.264. The van der Waals surface area contributed by atoms with E-state index < -0.39 is 55.4 Å². The van der Waals surface area contributed by atoms with Gasteiger partial charge in [0.05, 0.1) is 12.5 Å². The molecule has 0 saturated carbocycles. The van der Waals surface area contributed by atoms with Crippen LogP contribution in [0, 0.1) is 11.3 Å². The lowest BCUT2D eigenvalue weighted by molar-refractivity contribution is -0.171. The fourth-order valence-corrected chi connectivity index (χ4v) is 5.24. The van der Waals surface area contributed by atoms with Crippen LogP contribution in [-0.4, -0.2) is 58.7 Å². The van der Waals surface area contributed by atoms with Crippen LogP contribution in [0.3, 0.4) is 0 Å². The van der Waals surface area contributed by atoms with Gasteiger partial charge >= 0.3 is 6.18 Å². The van der Waals surface area contributed by atoms with Gasteiger partial charge < -0.3 is 26.0 Å². The minimum Gasteiger partial charge on any atom is -0.457 e. The first-order chi connectivity index (χ1) is 18.9. The summed E-state index contributed by atoms with van der Waals surface area (Å²) >= 11 is 1.21. The van der Waals surface area contributed by atoms with Crippen LogP contribution < -0.4 is 16.2 Å². The fraction of sp³-hybridized carbons (Fsp3) is 0.259. The molecule has 4 rings (SSSR count). The molecule has 2 atom stereocenters. The van der Waals surface area contributed by atoms with Crippen molar-refractivity contribution in [3.63, 3.8) is 0 Å². The molecule has 1 saturated heterocycles. The van der Waals surface area contributed by atoms with Crippen molar-refractivity contribution in [3.8, 4) is 11.5 Å². The summed E-state index contributed by atoms with van der Waals surface area (Å²) in [5, 5.41) is 9.22. The Bertz CT molecular complexity index is 1400. The van der Waals surface area contributed by atoms with Gasteiger partial charge in [0.2, 0.25) is 11.8 Å². The third-order valence-corrected chi connectivity index (χ3v) is 7.34. The van der Waals surface area contributed by atoms with Gasteiger partial charge in [0, 0.05) is 27.9 Å². The predicted octanol–water partition coefficient (Wildman–Crippen LogP) is 3.73. The highest BCUT2D eigenvalue weighted by atomic mass is 32.1. The zero-order chi connectivity index (χ0) is 29.0. The summed E-state index contributed by atoms with van der Waals surface area (Å²) in [6.07, 6.45) is -5.24. The predicted molar refractivity (Wildman–Crippen MR) is 142 cm³/mol. The molecule has 1 aromatic heterocycles. The molecular weight excluding hydrogens is 547 g/mol. The van der Waals surface area contributed by atoms with E-state index in [0.29, 0.717) is 21.9 Å². The number of primary amides is 1. The smallest absolute Gasteiger partial charge is 0.393 e. The van der Waals surface area contributed by atoms with E-state index in [2.05, 4.69) is 0 Å². The normalized spacial score (nSPS) is 16.9. The fourth-order valence-electron chi connectivity index (χ4n) is 4.34. The Morgan fingerprint density at radius 2 is 1.68 bits per heavy atom. The number of thiophene rings is 1. The molecule has 9 nitrogen and oxygen atoms in total. The van der Waals surface area contributed by atoms with Gasteiger partial charge in [-0.25, -0.2) is 0 Å². The van der Waals surface area contributed by atoms with Crippen LogP contribution in [0.25, 0.3) is 0 Å². The second kappa shape index (κ2) is 11.8. The molecule has 5 N–H and O–H groups in total. The molecule has 3 aromatic rings. The summed E-state index contributed by atoms with van der Waals surface area (Å²) in [4.78, 5) is 41.2. The monoisotopic (exact) mass is 573 g/mol. The third kappa shape index (κ3) is 6.78. The summed E-state index contributed by atoms with van der Waals surface area (Å²) in [6, 6.07) is 15.3. The van der Waals surface area contributed by atoms with E-state index in [1.807, 2.05) is 18.2 Å². The maximum atomic E-state index is 13.5. The van der Waals surface area contributed by atoms with E-state index in [4.69, 9.17) is 21.6 Å². The first-order valence-corrected chi connectivity index (χ1v) is 13.0. The second-order valence-electron chi connectivity index (χ2n) is 9.25. The molecule has 210 valence electrons. The van der Waals surface area contributed by atoms with Gasteiger partial charge in [-0.05, 0) is 48.9 Å². The van der Waals surface area contributed by atoms with E-state index >= 15 is 0 Å². The molecule has 1 aliphatic heterocycles. The first-order valence-electron chi connectivity index (χ1n) is 12.1. The number of hydrogen-bond donors (Lipinski definition) is 3. The largest absolute Gasteiger partial charge is 0.457 e. The topological polar surface area (TPSA) is 143 Å². The summed E-state index contributed by atoms with van der Waals surface area (Å²) in [5.74, 6) is -3.46. The number of benzene rings is 2. The number of nitrogen functional groups attached to an aromatic ring is 1. The van der Waals surface area contributed by atoms with Crippen molar-refractivity contribution in [3.05, 3.63) is 82.0 Å². The van der Waals surface area contributed by atoms with Gasteiger partial charge in [-0.15, -0.1) is 11.3 Å². The minimum absolute atomic E-state index is 0.0808. The molecule has 2 heterocycles. The molecule has 40 heavy (non-hydrogen) atoms. The van der Waals surface area contributed by atoms with E-state index in [1.54, 1.807) is 35.7 Å². The van der Waals surface area contributed by atoms with Crippen LogP contribution in [0.1, 0.15) is 27.2 Å². The Kier molecular flexibility index (Phi) is 8.43. The van der Waals surface area contributed by atoms with Crippen LogP contribution in [0.4, 0.5) is 13.2 Å². The van der Waals surface area contributed by atoms with Crippen molar-refractivity contribution in [2.75, 3.05) is 13.1 Å². The molecule has 2 aromatic carbocycles. The number of rotatable bonds is 9. The molecule has 3 amide bonds. The lowest BCUT2D eigenvalue weighted by Gasteiger charge is -2.27. The SMILES string of the molecule is N=C(N)c1csc(CN(CC(=O)N2C[C@@H](C(F)(F)F)C[C@H]2C(N)=O)C(=O)c2ccc(Oc3ccccc3)cc2)c1. The number of carbonyl (C=O) groups is 3. The second-order valence-corrected chi connectivity index (χ2v) is 10.3. The van der Waals surface area contributed by atoms with Crippen LogP contribution in [0.5, 0.6) is 11.5 Å². The highest BCUT2D eigenvalue weighted by molar-refractivity contribution is 7.10. The Morgan fingerprint density at radius 1 is 1.02 bits per heavy atom. The van der Waals surface area contributed by atoms with Gasteiger partial charge in [-0.1, -0.05) is 18.2 Å². The number of likely N-dealkylation sites (tertiary alicyclic amines) is 1. The summed E-state index contributed by atoms with van der Waals surface area (Å²) in [5.41, 5.74) is 11.5. The van der Waals surface area contributed by atoms with E-state index in [-0.39, 0.29) is 17.9 Å². The Morgan fingerprint density at radius 3 is 2.25 bits per heavy atom. The third-order valence-electron chi connectivity index (χ3n) is 6.42. The zero-order valence-corrected chi connectivity index (χ0v) is 21.9. The van der Waals surface area contributed by atoms with Gasteiger partial charge in [-0.2, -0.15) is 13.2 Å². The standard InChI is InChI=1S/C27H26F3N5O4S/c28-27(29,30)18-11-22(25(33)37)35(12-18)23(36)14-34(13-21-10-17(15-40-21)24(31)32)26(38)16-6-8-20(9-7-16)39-19-4-2-1-3-5-19/h1-10,15,18,22H,11-14H2,(H3,31,32)(H2,33,37)/t18-,22-/m0/s1. The Hall–Kier alpha value is -4.39. The summed E-state index contributed by atoms with van der Waals surface area (Å²) < 4.78 is 45.9. The van der Waals surface area contributed by atoms with Gasteiger partial charge in [0.1, 0.15) is 29.9 Å². The number of carbonyl (C=O) groups excluding carboxylic acids is 3. The number of nitrogens with zero attached hydrogens (tertiary/aromatic N) is 2. The summed E-state index contributed by atoms with van der Waals surface area (Å²) in [7, 11) is 0. The maximum Gasteiger partial charge on any atom is 0.393 e. The van der Waals surface area contributed by atoms with Crippen molar-refractivity contribution in [2.45, 2.75) is 25.2 Å². The van der Waals surface area contributed by atoms with Crippen molar-refractivity contribution in [1.29, 1.82) is 5.41 Å². The van der Waals surface area contributed by atoms with Crippen LogP contribution in [-0.2, 0) is 16.1 Å². The number of amides is 3. The van der Waals surface area contributed by atoms with E-state index in [0.717, 1.165) is 4.90 Å². The molecule has 13 heteroatoms. The molecule has 1 fully saturated rings. The Balaban J connectivity index is 1.56. The molecule has 0 unspecified atom stereocenters. The van der Waals surface area contributed by atoms with Gasteiger partial charge in [0.25, 0.3) is 5.91 Å².